The molecule has 0 bridgehead atoms. The van der Waals surface area contributed by atoms with Gasteiger partial charge in [-0.1, -0.05) is 52.2 Å². The molecule has 21 heavy (non-hydrogen) atoms. The van der Waals surface area contributed by atoms with Gasteiger partial charge in [0.2, 0.25) is 0 Å². The van der Waals surface area contributed by atoms with E-state index in [1.165, 1.54) is 37.7 Å². The average molecular weight is 291 g/mol. The molecule has 0 aromatic heterocycles. The number of hydrogen-bond acceptors (Lipinski definition) is 1. The second kappa shape index (κ2) is 7.40. The zero-order valence-corrected chi connectivity index (χ0v) is 13.8. The Balaban J connectivity index is 2.21. The molecule has 118 valence electrons. The van der Waals surface area contributed by atoms with Gasteiger partial charge in [-0.3, -0.25) is 0 Å². The van der Waals surface area contributed by atoms with Gasteiger partial charge >= 0.3 is 0 Å². The standard InChI is InChI=1S/C19H30FN/c1-4-14-21-18(15-8-6-5-7-9-15)19(2,3)16-10-12-17(20)13-11-16/h10-13,15,18,21H,4-9,14H2,1-3H3. The van der Waals surface area contributed by atoms with E-state index in [1.807, 2.05) is 12.1 Å². The lowest BCUT2D eigenvalue weighted by molar-refractivity contribution is 0.197. The van der Waals surface area contributed by atoms with Crippen molar-refractivity contribution in [1.29, 1.82) is 0 Å². The molecule has 0 saturated heterocycles. The zero-order chi connectivity index (χ0) is 15.3. The van der Waals surface area contributed by atoms with Crippen LogP contribution in [0.3, 0.4) is 0 Å². The molecule has 0 radical (unpaired) electrons. The third kappa shape index (κ3) is 4.06. The van der Waals surface area contributed by atoms with E-state index in [0.29, 0.717) is 6.04 Å². The van der Waals surface area contributed by atoms with Gasteiger partial charge in [-0.15, -0.1) is 0 Å². The fourth-order valence-corrected chi connectivity index (χ4v) is 3.84. The first-order valence-corrected chi connectivity index (χ1v) is 8.55. The first kappa shape index (κ1) is 16.5. The van der Waals surface area contributed by atoms with Crippen LogP contribution in [-0.4, -0.2) is 12.6 Å². The van der Waals surface area contributed by atoms with Crippen LogP contribution >= 0.6 is 0 Å². The van der Waals surface area contributed by atoms with Crippen LogP contribution in [0.4, 0.5) is 4.39 Å². The van der Waals surface area contributed by atoms with Crippen LogP contribution < -0.4 is 5.32 Å². The molecule has 1 aromatic carbocycles. The van der Waals surface area contributed by atoms with Gasteiger partial charge in [0.25, 0.3) is 0 Å². The number of nitrogens with one attached hydrogen (secondary N) is 1. The van der Waals surface area contributed by atoms with E-state index < -0.39 is 0 Å². The summed E-state index contributed by atoms with van der Waals surface area (Å²) in [6, 6.07) is 7.57. The lowest BCUT2D eigenvalue weighted by Crippen LogP contribution is -2.50. The molecule has 0 spiro atoms. The minimum Gasteiger partial charge on any atom is -0.313 e. The Morgan fingerprint density at radius 2 is 1.76 bits per heavy atom. The summed E-state index contributed by atoms with van der Waals surface area (Å²) in [4.78, 5) is 0. The van der Waals surface area contributed by atoms with Crippen molar-refractivity contribution in [3.8, 4) is 0 Å². The Bertz CT molecular complexity index is 418. The van der Waals surface area contributed by atoms with Gasteiger partial charge in [0.05, 0.1) is 0 Å². The van der Waals surface area contributed by atoms with Crippen molar-refractivity contribution in [3.05, 3.63) is 35.6 Å². The highest BCUT2D eigenvalue weighted by atomic mass is 19.1. The summed E-state index contributed by atoms with van der Waals surface area (Å²) < 4.78 is 13.2. The molecule has 1 aliphatic carbocycles. The fraction of sp³-hybridized carbons (Fsp3) is 0.684. The predicted octanol–water partition coefficient (Wildman–Crippen LogP) is 5.05. The summed E-state index contributed by atoms with van der Waals surface area (Å²) in [5.41, 5.74) is 1.27. The maximum atomic E-state index is 13.2. The summed E-state index contributed by atoms with van der Waals surface area (Å²) in [6.07, 6.45) is 7.90. The van der Waals surface area contributed by atoms with Crippen molar-refractivity contribution in [3.63, 3.8) is 0 Å². The molecule has 1 aliphatic rings. The lowest BCUT2D eigenvalue weighted by atomic mass is 9.68. The monoisotopic (exact) mass is 291 g/mol. The third-order valence-corrected chi connectivity index (χ3v) is 5.10. The van der Waals surface area contributed by atoms with Crippen molar-refractivity contribution in [2.45, 2.75) is 70.8 Å². The summed E-state index contributed by atoms with van der Waals surface area (Å²) >= 11 is 0. The summed E-state index contributed by atoms with van der Waals surface area (Å²) in [7, 11) is 0. The van der Waals surface area contributed by atoms with Crippen LogP contribution in [0.25, 0.3) is 0 Å². The number of hydrogen-bond donors (Lipinski definition) is 1. The van der Waals surface area contributed by atoms with Gasteiger partial charge in [-0.05, 0) is 49.4 Å². The van der Waals surface area contributed by atoms with Gasteiger partial charge < -0.3 is 5.32 Å². The van der Waals surface area contributed by atoms with Gasteiger partial charge in [-0.25, -0.2) is 4.39 Å². The lowest BCUT2D eigenvalue weighted by Gasteiger charge is -2.42. The molecule has 0 heterocycles. The molecule has 1 atom stereocenters. The number of halogens is 1. The quantitative estimate of drug-likeness (QED) is 0.773. The van der Waals surface area contributed by atoms with Crippen molar-refractivity contribution >= 4 is 0 Å². The summed E-state index contributed by atoms with van der Waals surface area (Å²) in [6.45, 7) is 7.89. The summed E-state index contributed by atoms with van der Waals surface area (Å²) in [5, 5.41) is 3.80. The molecule has 2 rings (SSSR count). The highest BCUT2D eigenvalue weighted by Gasteiger charge is 2.36. The molecule has 1 N–H and O–H groups in total. The normalized spacial score (nSPS) is 18.7. The van der Waals surface area contributed by atoms with Crippen LogP contribution in [0.2, 0.25) is 0 Å². The fourth-order valence-electron chi connectivity index (χ4n) is 3.84. The Labute approximate surface area is 129 Å². The largest absolute Gasteiger partial charge is 0.313 e. The van der Waals surface area contributed by atoms with Gasteiger partial charge in [0.1, 0.15) is 5.82 Å². The molecule has 1 aromatic rings. The van der Waals surface area contributed by atoms with E-state index >= 15 is 0 Å². The van der Waals surface area contributed by atoms with Gasteiger partial charge in [-0.2, -0.15) is 0 Å². The second-order valence-corrected chi connectivity index (χ2v) is 7.06. The van der Waals surface area contributed by atoms with Crippen LogP contribution in [0.5, 0.6) is 0 Å². The topological polar surface area (TPSA) is 12.0 Å². The van der Waals surface area contributed by atoms with Crippen LogP contribution in [0.1, 0.15) is 64.9 Å². The molecule has 0 aliphatic heterocycles. The Morgan fingerprint density at radius 3 is 2.33 bits per heavy atom. The average Bonchev–Trinajstić information content (AvgIpc) is 2.49. The van der Waals surface area contributed by atoms with Gasteiger partial charge in [0, 0.05) is 11.5 Å². The van der Waals surface area contributed by atoms with Crippen molar-refractivity contribution in [2.24, 2.45) is 5.92 Å². The number of benzene rings is 1. The Kier molecular flexibility index (Phi) is 5.80. The Morgan fingerprint density at radius 1 is 1.14 bits per heavy atom. The zero-order valence-electron chi connectivity index (χ0n) is 13.8. The number of rotatable bonds is 6. The van der Waals surface area contributed by atoms with Crippen LogP contribution in [0.15, 0.2) is 24.3 Å². The maximum Gasteiger partial charge on any atom is 0.123 e. The van der Waals surface area contributed by atoms with E-state index in [-0.39, 0.29) is 11.2 Å². The SMILES string of the molecule is CCCNC(C1CCCCC1)C(C)(C)c1ccc(F)cc1. The first-order chi connectivity index (χ1) is 10.1. The molecule has 1 nitrogen and oxygen atoms in total. The summed E-state index contributed by atoms with van der Waals surface area (Å²) in [5.74, 6) is 0.593. The molecular weight excluding hydrogens is 261 g/mol. The highest BCUT2D eigenvalue weighted by molar-refractivity contribution is 5.27. The predicted molar refractivity (Wildman–Crippen MR) is 88.1 cm³/mol. The smallest absolute Gasteiger partial charge is 0.123 e. The minimum absolute atomic E-state index is 0.0326. The van der Waals surface area contributed by atoms with E-state index in [2.05, 4.69) is 26.1 Å². The third-order valence-electron chi connectivity index (χ3n) is 5.10. The van der Waals surface area contributed by atoms with E-state index in [4.69, 9.17) is 0 Å². The van der Waals surface area contributed by atoms with Crippen molar-refractivity contribution < 1.29 is 4.39 Å². The van der Waals surface area contributed by atoms with Crippen LogP contribution in [-0.2, 0) is 5.41 Å². The van der Waals surface area contributed by atoms with Gasteiger partial charge in [0.15, 0.2) is 0 Å². The molecule has 2 heteroatoms. The Hall–Kier alpha value is -0.890. The molecule has 1 fully saturated rings. The van der Waals surface area contributed by atoms with Crippen molar-refractivity contribution in [1.82, 2.24) is 5.32 Å². The molecular formula is C19H30FN. The maximum absolute atomic E-state index is 13.2. The first-order valence-electron chi connectivity index (χ1n) is 8.55. The minimum atomic E-state index is -0.148. The highest BCUT2D eigenvalue weighted by Crippen LogP contribution is 2.37. The van der Waals surface area contributed by atoms with E-state index in [0.717, 1.165) is 18.9 Å². The molecule has 1 saturated carbocycles. The van der Waals surface area contributed by atoms with E-state index in [9.17, 15) is 4.39 Å². The molecule has 0 amide bonds. The molecule has 1 unspecified atom stereocenters. The van der Waals surface area contributed by atoms with Crippen molar-refractivity contribution in [2.75, 3.05) is 6.54 Å². The van der Waals surface area contributed by atoms with E-state index in [1.54, 1.807) is 12.1 Å². The second-order valence-electron chi connectivity index (χ2n) is 7.06. The van der Waals surface area contributed by atoms with Crippen LogP contribution in [0, 0.1) is 11.7 Å².